The Labute approximate surface area is 800 Å². The molecule has 13 nitrogen and oxygen atoms in total. The lowest BCUT2D eigenvalue weighted by atomic mass is 10.0. The normalized spacial score (nSPS) is 16.1. The summed E-state index contributed by atoms with van der Waals surface area (Å²) in [5, 5.41) is 20.8. The van der Waals surface area contributed by atoms with Crippen molar-refractivity contribution in [2.45, 2.75) is 80.1 Å². The van der Waals surface area contributed by atoms with Crippen LogP contribution in [-0.4, -0.2) is 90.7 Å². The van der Waals surface area contributed by atoms with Crippen molar-refractivity contribution in [3.63, 3.8) is 0 Å². The molecule has 4 atom stereocenters. The molecule has 0 fully saturated rings. The van der Waals surface area contributed by atoms with Crippen LogP contribution in [0, 0.1) is 27.7 Å². The number of benzene rings is 16. The lowest BCUT2D eigenvalue weighted by molar-refractivity contribution is 0.383. The van der Waals surface area contributed by atoms with Gasteiger partial charge in [-0.05, 0) is 229 Å². The number of furan rings is 1. The molecule has 664 valence electrons. The van der Waals surface area contributed by atoms with E-state index in [0.29, 0.717) is 18.5 Å². The summed E-state index contributed by atoms with van der Waals surface area (Å²) < 4.78 is 24.1. The molecule has 4 aliphatic rings. The van der Waals surface area contributed by atoms with Gasteiger partial charge in [-0.1, -0.05) is 164 Å². The lowest BCUT2D eigenvalue weighted by Crippen LogP contribution is -2.33. The van der Waals surface area contributed by atoms with Crippen LogP contribution in [0.15, 0.2) is 369 Å². The van der Waals surface area contributed by atoms with E-state index in [0.717, 1.165) is 22.2 Å². The number of aryl methyl sites for hydroxylation is 4. The Morgan fingerprint density at radius 3 is 1.02 bits per heavy atom. The van der Waals surface area contributed by atoms with Crippen molar-refractivity contribution in [3.8, 4) is 22.7 Å². The zero-order chi connectivity index (χ0) is 91.9. The smallest absolute Gasteiger partial charge is 0.136 e. The van der Waals surface area contributed by atoms with E-state index in [1.165, 1.54) is 215 Å². The zero-order valence-electron chi connectivity index (χ0n) is 77.9. The van der Waals surface area contributed by atoms with E-state index in [-0.39, 0.29) is 6.17 Å². The molecule has 0 aliphatic carbocycles. The number of thiophene rings is 3. The first-order valence-electron chi connectivity index (χ1n) is 47.0. The molecule has 136 heavy (non-hydrogen) atoms. The van der Waals surface area contributed by atoms with E-state index in [4.69, 9.17) is 4.42 Å². The van der Waals surface area contributed by atoms with Crippen molar-refractivity contribution in [1.82, 2.24) is 37.9 Å². The van der Waals surface area contributed by atoms with Crippen LogP contribution < -0.4 is 19.6 Å². The molecule has 0 spiro atoms. The highest BCUT2D eigenvalue weighted by molar-refractivity contribution is 7.27. The van der Waals surface area contributed by atoms with Crippen molar-refractivity contribution >= 4 is 226 Å². The van der Waals surface area contributed by atoms with Gasteiger partial charge in [0.2, 0.25) is 0 Å². The highest BCUT2D eigenvalue weighted by atomic mass is 32.1. The fourth-order valence-corrected chi connectivity index (χ4v) is 25.4. The van der Waals surface area contributed by atoms with Gasteiger partial charge in [-0.15, -0.1) is 34.0 Å². The summed E-state index contributed by atoms with van der Waals surface area (Å²) in [5.74, 6) is 0. The van der Waals surface area contributed by atoms with Gasteiger partial charge in [-0.3, -0.25) is 0 Å². The van der Waals surface area contributed by atoms with Crippen LogP contribution in [0.3, 0.4) is 0 Å². The first kappa shape index (κ1) is 82.4. The van der Waals surface area contributed by atoms with E-state index in [1.54, 1.807) is 0 Å². The Bertz CT molecular complexity index is 9070. The van der Waals surface area contributed by atoms with Gasteiger partial charge < -0.3 is 61.9 Å². The molecule has 16 heteroatoms. The second-order valence-electron chi connectivity index (χ2n) is 37.1. The highest BCUT2D eigenvalue weighted by Crippen LogP contribution is 2.51. The van der Waals surface area contributed by atoms with Crippen LogP contribution in [0.1, 0.15) is 49.9 Å². The molecule has 0 N–H and O–H groups in total. The molecule has 0 saturated heterocycles. The Hall–Kier alpha value is -15.5. The minimum absolute atomic E-state index is 0.272. The molecule has 4 aliphatic heterocycles. The third kappa shape index (κ3) is 13.0. The molecular weight excluding hydrogens is 1720 g/mol. The van der Waals surface area contributed by atoms with Crippen molar-refractivity contribution in [3.05, 3.63) is 387 Å². The van der Waals surface area contributed by atoms with Crippen LogP contribution in [0.5, 0.6) is 0 Å². The third-order valence-corrected chi connectivity index (χ3v) is 32.9. The molecule has 0 bridgehead atoms. The second kappa shape index (κ2) is 32.2. The van der Waals surface area contributed by atoms with Crippen LogP contribution in [0.25, 0.3) is 192 Å². The van der Waals surface area contributed by atoms with Crippen LogP contribution in [0.4, 0.5) is 22.7 Å². The number of nitrogens with zero attached hydrogens (tertiary/aromatic N) is 12. The summed E-state index contributed by atoms with van der Waals surface area (Å²) in [6.45, 7) is 17.9. The average molecular weight is 1820 g/mol. The number of fused-ring (bicyclic) bond motifs is 27. The molecule has 12 heterocycles. The summed E-state index contributed by atoms with van der Waals surface area (Å²) in [6, 6.07) is 115. The summed E-state index contributed by atoms with van der Waals surface area (Å²) >= 11 is 5.69. The van der Waals surface area contributed by atoms with Gasteiger partial charge in [0.05, 0.1) is 48.8 Å². The maximum Gasteiger partial charge on any atom is 0.136 e. The standard InChI is InChI=1S/C30H25N3O.3C30H25N3S/c1-19-17-26-23(18-25(19)32-16-15-31(3)20(32)2)29-24(33(26)21-9-5-4-6-10-21)13-14-28-30(29)22-11-7-8-12-27(22)34-28;1-19-15-27-24(17-26(19)32-14-13-31(3)20(32)2)23-16-25-22-11-7-8-12-29(22)34-30(25)18-28(23)33(27)21-9-5-4-6-10-21;1-19-17-27-25(18-26(19)32-16-15-31(3)20(32)2)23-13-14-24-22-11-7-8-12-28(22)34-30(24)29(23)33(27)21-9-5-4-6-10-21;1-19-17-27-24(18-26(19)32-16-15-31(3)20(32)2)29-25(33(27)21-9-5-4-6-10-21)14-13-23-22-11-7-8-12-28(22)34-30(23)29/h4*4-18,20H,1-3H3/t4*20-/m0000/s1. The Morgan fingerprint density at radius 1 is 0.221 bits per heavy atom. The van der Waals surface area contributed by atoms with Crippen molar-refractivity contribution in [2.24, 2.45) is 0 Å². The molecule has 0 unspecified atom stereocenters. The predicted octanol–water partition coefficient (Wildman–Crippen LogP) is 31.6. The number of aromatic nitrogens is 4. The molecular formula is C120H100N12OS3. The van der Waals surface area contributed by atoms with Gasteiger partial charge in [-0.25, -0.2) is 0 Å². The number of para-hydroxylation sites is 5. The van der Waals surface area contributed by atoms with Crippen molar-refractivity contribution < 1.29 is 4.42 Å². The summed E-state index contributed by atoms with van der Waals surface area (Å²) in [6.07, 6.45) is 18.5. The quantitative estimate of drug-likeness (QED) is 0.148. The van der Waals surface area contributed by atoms with Gasteiger partial charge in [0.25, 0.3) is 0 Å². The zero-order valence-corrected chi connectivity index (χ0v) is 80.4. The van der Waals surface area contributed by atoms with Gasteiger partial charge in [0.1, 0.15) is 35.8 Å². The largest absolute Gasteiger partial charge is 0.456 e. The topological polar surface area (TPSA) is 58.8 Å². The SMILES string of the molecule is Cc1cc2c(cc1N1C=CN(C)[C@@H]1C)c1c3c(ccc1n2-c1ccccc1)oc1ccccc13.Cc1cc2c(cc1N1C=CN(C)[C@@H]1C)c1c3sc4ccccc4c3ccc1n2-c1ccccc1.Cc1cc2c(cc1N1C=CN(C)[C@@H]1C)c1cc3c(cc1n2-c1ccccc1)sc1ccccc13.Cc1cc2c(cc1N1C=CN(C)[C@@H]1C)c1ccc3c4ccccc4sc3c1n2-c1ccccc1. The highest BCUT2D eigenvalue weighted by Gasteiger charge is 2.32. The lowest BCUT2D eigenvalue weighted by Gasteiger charge is -2.28. The molecule has 24 aromatic rings. The van der Waals surface area contributed by atoms with Crippen molar-refractivity contribution in [1.29, 1.82) is 0 Å². The fourth-order valence-electron chi connectivity index (χ4n) is 21.8. The second-order valence-corrected chi connectivity index (χ2v) is 40.3. The predicted molar refractivity (Wildman–Crippen MR) is 583 cm³/mol. The fraction of sp³-hybridized carbons (Fsp3) is 0.133. The number of hydrogen-bond donors (Lipinski definition) is 0. The van der Waals surface area contributed by atoms with Crippen LogP contribution >= 0.6 is 34.0 Å². The van der Waals surface area contributed by atoms with Gasteiger partial charge >= 0.3 is 0 Å². The first-order chi connectivity index (χ1) is 66.4. The van der Waals surface area contributed by atoms with Gasteiger partial charge in [0, 0.05) is 233 Å². The van der Waals surface area contributed by atoms with Crippen LogP contribution in [0.2, 0.25) is 0 Å². The summed E-state index contributed by atoms with van der Waals surface area (Å²) in [7, 11) is 8.53. The van der Waals surface area contributed by atoms with Gasteiger partial charge in [-0.2, -0.15) is 0 Å². The third-order valence-electron chi connectivity index (χ3n) is 29.3. The summed E-state index contributed by atoms with van der Waals surface area (Å²) in [5.41, 5.74) is 26.8. The molecule has 0 saturated carbocycles. The van der Waals surface area contributed by atoms with Crippen LogP contribution in [-0.2, 0) is 0 Å². The van der Waals surface area contributed by atoms with E-state index in [9.17, 15) is 0 Å². The Morgan fingerprint density at radius 2 is 0.551 bits per heavy atom. The Kier molecular flexibility index (Phi) is 19.5. The molecule has 0 radical (unpaired) electrons. The van der Waals surface area contributed by atoms with Crippen molar-refractivity contribution in [2.75, 3.05) is 47.8 Å². The molecule has 16 aromatic carbocycles. The van der Waals surface area contributed by atoms with E-state index < -0.39 is 0 Å². The summed E-state index contributed by atoms with van der Waals surface area (Å²) in [4.78, 5) is 18.5. The van der Waals surface area contributed by atoms with E-state index in [1.807, 2.05) is 40.1 Å². The average Bonchev–Trinajstić information content (AvgIpc) is 1.56. The van der Waals surface area contributed by atoms with Gasteiger partial charge in [0.15, 0.2) is 0 Å². The number of hydrogen-bond acceptors (Lipinski definition) is 12. The first-order valence-corrected chi connectivity index (χ1v) is 49.4. The maximum absolute atomic E-state index is 6.27. The minimum Gasteiger partial charge on any atom is -0.456 e. The molecule has 8 aromatic heterocycles. The monoisotopic (exact) mass is 1820 g/mol. The maximum atomic E-state index is 6.27. The number of rotatable bonds is 8. The van der Waals surface area contributed by atoms with E-state index in [2.05, 4.69) is 500 Å². The minimum atomic E-state index is 0.272. The Balaban J connectivity index is 0.0000000965. The van der Waals surface area contributed by atoms with E-state index >= 15 is 0 Å². The molecule has 0 amide bonds. The molecule has 28 rings (SSSR count). The number of anilines is 4.